The summed E-state index contributed by atoms with van der Waals surface area (Å²) in [4.78, 5) is 8.11. The van der Waals surface area contributed by atoms with Crippen LogP contribution in [0.15, 0.2) is 5.34 Å². The highest BCUT2D eigenvalue weighted by molar-refractivity contribution is 4.56. The van der Waals surface area contributed by atoms with E-state index in [4.69, 9.17) is 10.1 Å². The fourth-order valence-electron chi connectivity index (χ4n) is 0.177. The zero-order valence-electron chi connectivity index (χ0n) is 3.92. The number of nitrogens with one attached hydrogen (secondary N) is 1. The summed E-state index contributed by atoms with van der Waals surface area (Å²) in [7, 11) is 0. The number of hydrogen-bond acceptors (Lipinski definition) is 3. The highest BCUT2D eigenvalue weighted by Crippen LogP contribution is 1.80. The number of nitrogens with zero attached hydrogens (tertiary/aromatic N) is 1. The largest absolute Gasteiger partial charge is 0.379 e. The summed E-state index contributed by atoms with van der Waals surface area (Å²) in [6, 6.07) is 0. The molecular formula is C3H8N2O2. The van der Waals surface area contributed by atoms with Crippen LogP contribution in [0.3, 0.4) is 0 Å². The van der Waals surface area contributed by atoms with Gasteiger partial charge in [0, 0.05) is 0 Å². The van der Waals surface area contributed by atoms with Crippen molar-refractivity contribution in [2.75, 3.05) is 13.1 Å². The van der Waals surface area contributed by atoms with Crippen molar-refractivity contribution in [3.05, 3.63) is 4.91 Å². The fraction of sp³-hybridized carbons (Fsp3) is 1.00. The van der Waals surface area contributed by atoms with Crippen LogP contribution in [0.5, 0.6) is 0 Å². The number of rotatable bonds is 0. The molecule has 0 saturated carbocycles. The van der Waals surface area contributed by atoms with E-state index >= 15 is 0 Å². The zero-order chi connectivity index (χ0) is 5.54. The molecule has 0 aromatic carbocycles. The van der Waals surface area contributed by atoms with Gasteiger partial charge in [-0.3, -0.25) is 0 Å². The lowest BCUT2D eigenvalue weighted by Gasteiger charge is -2.09. The van der Waals surface area contributed by atoms with Crippen molar-refractivity contribution in [2.45, 2.75) is 6.42 Å². The Balaban J connectivity index is 0.000000110. The summed E-state index contributed by atoms with van der Waals surface area (Å²) < 4.78 is 0. The molecule has 0 aliphatic carbocycles. The van der Waals surface area contributed by atoms with Crippen molar-refractivity contribution in [1.29, 1.82) is 0 Å². The normalized spacial score (nSPS) is 15.4. The molecule has 0 amide bonds. The van der Waals surface area contributed by atoms with Crippen LogP contribution in [0.1, 0.15) is 6.42 Å². The third-order valence-electron chi connectivity index (χ3n) is 0.707. The van der Waals surface area contributed by atoms with Crippen molar-refractivity contribution < 1.29 is 5.21 Å². The third-order valence-corrected chi connectivity index (χ3v) is 0.707. The highest BCUT2D eigenvalue weighted by atomic mass is 16.6. The Morgan fingerprint density at radius 3 is 1.71 bits per heavy atom. The Morgan fingerprint density at radius 1 is 1.57 bits per heavy atom. The van der Waals surface area contributed by atoms with Crippen LogP contribution in [0.4, 0.5) is 0 Å². The molecule has 0 atom stereocenters. The first-order valence-corrected chi connectivity index (χ1v) is 2.09. The van der Waals surface area contributed by atoms with Gasteiger partial charge in [0.05, 0.1) is 0 Å². The van der Waals surface area contributed by atoms with Gasteiger partial charge in [-0.25, -0.2) is 0 Å². The summed E-state index contributed by atoms with van der Waals surface area (Å²) in [5.74, 6) is 0. The third kappa shape index (κ3) is 5.36. The molecule has 42 valence electrons. The van der Waals surface area contributed by atoms with Gasteiger partial charge in [0.25, 0.3) is 0 Å². The van der Waals surface area contributed by atoms with E-state index < -0.39 is 0 Å². The minimum Gasteiger partial charge on any atom is -0.379 e. The molecule has 7 heavy (non-hydrogen) atoms. The Labute approximate surface area is 41.5 Å². The summed E-state index contributed by atoms with van der Waals surface area (Å²) in [5, 5.41) is 11.0. The zero-order valence-corrected chi connectivity index (χ0v) is 3.92. The smallest absolute Gasteiger partial charge is 0.152 e. The average molecular weight is 104 g/mol. The van der Waals surface area contributed by atoms with E-state index in [9.17, 15) is 0 Å². The predicted octanol–water partition coefficient (Wildman–Crippen LogP) is 0.122. The van der Waals surface area contributed by atoms with E-state index in [-0.39, 0.29) is 0 Å². The van der Waals surface area contributed by atoms with Crippen LogP contribution in [0, 0.1) is 4.91 Å². The van der Waals surface area contributed by atoms with Crippen molar-refractivity contribution in [2.24, 2.45) is 5.34 Å². The summed E-state index contributed by atoms with van der Waals surface area (Å²) in [5.41, 5.74) is 0. The lowest BCUT2D eigenvalue weighted by Crippen LogP contribution is -2.29. The van der Waals surface area contributed by atoms with Gasteiger partial charge >= 0.3 is 0 Å². The van der Waals surface area contributed by atoms with Gasteiger partial charge in [-0.05, 0) is 19.5 Å². The van der Waals surface area contributed by atoms with Crippen molar-refractivity contribution in [3.63, 3.8) is 0 Å². The lowest BCUT2D eigenvalue weighted by atomic mass is 10.3. The van der Waals surface area contributed by atoms with E-state index in [1.807, 2.05) is 0 Å². The first kappa shape index (κ1) is 6.36. The summed E-state index contributed by atoms with van der Waals surface area (Å²) in [6.07, 6.45) is 1.39. The topological polar surface area (TPSA) is 61.7 Å². The van der Waals surface area contributed by atoms with Crippen molar-refractivity contribution >= 4 is 0 Å². The molecule has 1 fully saturated rings. The molecule has 4 nitrogen and oxygen atoms in total. The first-order valence-electron chi connectivity index (χ1n) is 2.09. The average Bonchev–Trinajstić information content (AvgIpc) is 1.27. The van der Waals surface area contributed by atoms with Gasteiger partial charge in [0.2, 0.25) is 0 Å². The van der Waals surface area contributed by atoms with Crippen LogP contribution in [-0.4, -0.2) is 18.3 Å². The molecule has 1 aliphatic rings. The van der Waals surface area contributed by atoms with Crippen LogP contribution in [0.25, 0.3) is 0 Å². The van der Waals surface area contributed by atoms with E-state index in [1.54, 1.807) is 0 Å². The second kappa shape index (κ2) is 5.36. The second-order valence-electron chi connectivity index (χ2n) is 1.19. The van der Waals surface area contributed by atoms with Gasteiger partial charge < -0.3 is 10.5 Å². The molecule has 1 aliphatic heterocycles. The quantitative estimate of drug-likeness (QED) is 0.339. The Morgan fingerprint density at radius 2 is 1.71 bits per heavy atom. The maximum atomic E-state index is 8.11. The molecule has 0 bridgehead atoms. The minimum absolute atomic E-state index is 1.25. The minimum atomic E-state index is 1.25. The standard InChI is InChI=1S/C3H7N.HNO2/c1-2-4-3-1;2-1-3/h4H,1-3H2;(H,2,3). The van der Waals surface area contributed by atoms with Gasteiger partial charge in [0.15, 0.2) is 5.34 Å². The molecule has 1 saturated heterocycles. The second-order valence-corrected chi connectivity index (χ2v) is 1.19. The van der Waals surface area contributed by atoms with Crippen molar-refractivity contribution in [1.82, 2.24) is 5.32 Å². The maximum Gasteiger partial charge on any atom is 0.152 e. The number of hydrogen-bond donors (Lipinski definition) is 2. The van der Waals surface area contributed by atoms with Crippen LogP contribution in [0.2, 0.25) is 0 Å². The first-order chi connectivity index (χ1) is 3.41. The molecule has 4 heteroatoms. The molecule has 2 N–H and O–H groups in total. The Kier molecular flexibility index (Phi) is 4.87. The maximum absolute atomic E-state index is 8.11. The molecule has 1 rings (SSSR count). The van der Waals surface area contributed by atoms with Gasteiger partial charge in [-0.1, -0.05) is 0 Å². The molecule has 1 heterocycles. The van der Waals surface area contributed by atoms with Crippen LogP contribution >= 0.6 is 0 Å². The van der Waals surface area contributed by atoms with Crippen LogP contribution < -0.4 is 5.32 Å². The van der Waals surface area contributed by atoms with Gasteiger partial charge in [-0.15, -0.1) is 4.91 Å². The van der Waals surface area contributed by atoms with Gasteiger partial charge in [0.1, 0.15) is 0 Å². The molecule has 0 radical (unpaired) electrons. The SMILES string of the molecule is C1CNC1.O=NO. The van der Waals surface area contributed by atoms with Crippen LogP contribution in [-0.2, 0) is 0 Å². The summed E-state index contributed by atoms with van der Waals surface area (Å²) >= 11 is 0. The highest BCUT2D eigenvalue weighted by Gasteiger charge is 1.92. The van der Waals surface area contributed by atoms with Crippen molar-refractivity contribution in [3.8, 4) is 0 Å². The Bertz CT molecular complexity index is 40.2. The van der Waals surface area contributed by atoms with E-state index in [0.29, 0.717) is 0 Å². The lowest BCUT2D eigenvalue weighted by molar-refractivity contribution is 0.312. The molecule has 0 unspecified atom stereocenters. The molecule has 0 spiro atoms. The predicted molar refractivity (Wildman–Crippen MR) is 25.1 cm³/mol. The van der Waals surface area contributed by atoms with E-state index in [1.165, 1.54) is 24.9 Å². The van der Waals surface area contributed by atoms with E-state index in [2.05, 4.69) is 5.32 Å². The Hall–Kier alpha value is -0.640. The summed E-state index contributed by atoms with van der Waals surface area (Å²) in [6.45, 7) is 2.50. The van der Waals surface area contributed by atoms with Gasteiger partial charge in [-0.2, -0.15) is 0 Å². The monoisotopic (exact) mass is 104 g/mol. The van der Waals surface area contributed by atoms with E-state index in [0.717, 1.165) is 0 Å². The fourth-order valence-corrected chi connectivity index (χ4v) is 0.177. The molecule has 0 aromatic heterocycles. The molecular weight excluding hydrogens is 96.0 g/mol. The molecule has 0 aromatic rings.